The lowest BCUT2D eigenvalue weighted by molar-refractivity contribution is -0.144. The zero-order chi connectivity index (χ0) is 33.2. The molecular weight excluding hydrogens is 579 g/mol. The molecule has 2 N–H and O–H groups in total. The van der Waals surface area contributed by atoms with Crippen molar-refractivity contribution in [3.05, 3.63) is 83.9 Å². The van der Waals surface area contributed by atoms with E-state index in [1.165, 1.54) is 11.1 Å². The van der Waals surface area contributed by atoms with Crippen LogP contribution in [0.5, 0.6) is 0 Å². The van der Waals surface area contributed by atoms with Crippen molar-refractivity contribution in [3.8, 4) is 11.1 Å². The summed E-state index contributed by atoms with van der Waals surface area (Å²) in [6, 6.07) is 22.9. The Labute approximate surface area is 272 Å². The normalized spacial score (nSPS) is 17.6. The lowest BCUT2D eigenvalue weighted by Crippen LogP contribution is -2.45. The van der Waals surface area contributed by atoms with Crippen LogP contribution in [0.2, 0.25) is 0 Å². The van der Waals surface area contributed by atoms with Gasteiger partial charge in [-0.3, -0.25) is 14.4 Å². The number of esters is 1. The van der Waals surface area contributed by atoms with Crippen LogP contribution in [0, 0.1) is 11.8 Å². The van der Waals surface area contributed by atoms with Crippen LogP contribution in [0.1, 0.15) is 78.4 Å². The van der Waals surface area contributed by atoms with Crippen LogP contribution in [0.4, 0.5) is 5.69 Å². The first-order valence-corrected chi connectivity index (χ1v) is 16.2. The van der Waals surface area contributed by atoms with Crippen molar-refractivity contribution < 1.29 is 28.4 Å². The van der Waals surface area contributed by atoms with E-state index in [1.54, 1.807) is 19.1 Å². The van der Waals surface area contributed by atoms with E-state index >= 15 is 0 Å². The summed E-state index contributed by atoms with van der Waals surface area (Å²) in [5, 5.41) is 5.70. The maximum absolute atomic E-state index is 13.2. The van der Waals surface area contributed by atoms with Crippen molar-refractivity contribution in [2.24, 2.45) is 11.8 Å². The van der Waals surface area contributed by atoms with Gasteiger partial charge in [-0.15, -0.1) is 0 Å². The Morgan fingerprint density at radius 3 is 1.89 bits per heavy atom. The first kappa shape index (κ1) is 33.4. The van der Waals surface area contributed by atoms with E-state index in [4.69, 9.17) is 14.0 Å². The summed E-state index contributed by atoms with van der Waals surface area (Å²) in [6.07, 6.45) is 0.441. The molecule has 3 aromatic carbocycles. The molecule has 0 radical (unpaired) electrons. The highest BCUT2D eigenvalue weighted by atomic mass is 16.7. The van der Waals surface area contributed by atoms with E-state index in [1.807, 2.05) is 77.9 Å². The van der Waals surface area contributed by atoms with E-state index in [2.05, 4.69) is 34.9 Å². The van der Waals surface area contributed by atoms with Gasteiger partial charge in [-0.2, -0.15) is 0 Å². The fourth-order valence-electron chi connectivity index (χ4n) is 6.07. The summed E-state index contributed by atoms with van der Waals surface area (Å²) < 4.78 is 18.0. The number of fused-ring (bicyclic) bond motifs is 3. The van der Waals surface area contributed by atoms with Crippen molar-refractivity contribution in [1.82, 2.24) is 5.32 Å². The Kier molecular flexibility index (Phi) is 9.75. The highest BCUT2D eigenvalue weighted by Gasteiger charge is 2.51. The highest BCUT2D eigenvalue weighted by molar-refractivity contribution is 6.62. The van der Waals surface area contributed by atoms with E-state index in [9.17, 15) is 14.4 Å². The van der Waals surface area contributed by atoms with E-state index in [-0.39, 0.29) is 42.6 Å². The van der Waals surface area contributed by atoms with Crippen LogP contribution in [0.3, 0.4) is 0 Å². The zero-order valence-electron chi connectivity index (χ0n) is 27.9. The van der Waals surface area contributed by atoms with Crippen molar-refractivity contribution in [2.45, 2.75) is 84.5 Å². The maximum Gasteiger partial charge on any atom is 0.494 e. The number of hydrogen-bond donors (Lipinski definition) is 2. The number of amides is 2. The minimum absolute atomic E-state index is 0.0141. The summed E-state index contributed by atoms with van der Waals surface area (Å²) in [5.41, 5.74) is 5.23. The average Bonchev–Trinajstić information content (AvgIpc) is 3.44. The number of rotatable bonds is 11. The molecular formula is C37H45BN2O6. The third-order valence-corrected chi connectivity index (χ3v) is 9.63. The number of benzene rings is 3. The Morgan fingerprint density at radius 2 is 1.35 bits per heavy atom. The second-order valence-corrected chi connectivity index (χ2v) is 13.7. The van der Waals surface area contributed by atoms with E-state index in [0.29, 0.717) is 12.1 Å². The second kappa shape index (κ2) is 13.4. The van der Waals surface area contributed by atoms with Crippen molar-refractivity contribution in [2.75, 3.05) is 11.9 Å². The fourth-order valence-corrected chi connectivity index (χ4v) is 6.07. The molecule has 8 nitrogen and oxygen atoms in total. The Balaban J connectivity index is 1.10. The van der Waals surface area contributed by atoms with Crippen LogP contribution in [-0.2, 0) is 28.4 Å². The number of hydrogen-bond acceptors (Lipinski definition) is 6. The third kappa shape index (κ3) is 7.06. The van der Waals surface area contributed by atoms with Gasteiger partial charge in [0, 0.05) is 23.9 Å². The predicted octanol–water partition coefficient (Wildman–Crippen LogP) is 5.84. The Bertz CT molecular complexity index is 1520. The summed E-state index contributed by atoms with van der Waals surface area (Å²) in [4.78, 5) is 39.0. The number of anilines is 1. The third-order valence-electron chi connectivity index (χ3n) is 9.63. The smallest absolute Gasteiger partial charge is 0.465 e. The van der Waals surface area contributed by atoms with Gasteiger partial charge in [0.05, 0.1) is 11.2 Å². The van der Waals surface area contributed by atoms with E-state index < -0.39 is 30.3 Å². The molecule has 1 fully saturated rings. The van der Waals surface area contributed by atoms with Crippen LogP contribution >= 0.6 is 0 Å². The number of nitrogens with one attached hydrogen (secondary N) is 2. The van der Waals surface area contributed by atoms with Crippen LogP contribution in [0.25, 0.3) is 11.1 Å². The molecule has 242 valence electrons. The van der Waals surface area contributed by atoms with Gasteiger partial charge in [-0.25, -0.2) is 0 Å². The molecule has 1 heterocycles. The first-order chi connectivity index (χ1) is 21.8. The molecule has 1 aliphatic heterocycles. The van der Waals surface area contributed by atoms with Gasteiger partial charge in [0.25, 0.3) is 0 Å². The minimum atomic E-state index is -0.772. The van der Waals surface area contributed by atoms with Gasteiger partial charge in [0.2, 0.25) is 11.8 Å². The second-order valence-electron chi connectivity index (χ2n) is 13.7. The first-order valence-electron chi connectivity index (χ1n) is 16.2. The topological polar surface area (TPSA) is 103 Å². The molecule has 2 aliphatic rings. The van der Waals surface area contributed by atoms with Crippen molar-refractivity contribution in [1.29, 1.82) is 0 Å². The summed E-state index contributed by atoms with van der Waals surface area (Å²) in [6.45, 7) is 13.8. The molecule has 9 heteroatoms. The fraction of sp³-hybridized carbons (Fsp3) is 0.432. The van der Waals surface area contributed by atoms with Crippen LogP contribution in [-0.4, -0.2) is 48.8 Å². The molecule has 3 aromatic rings. The molecule has 2 unspecified atom stereocenters. The maximum atomic E-state index is 13.2. The van der Waals surface area contributed by atoms with Crippen LogP contribution in [0.15, 0.2) is 72.8 Å². The largest absolute Gasteiger partial charge is 0.494 e. The lowest BCUT2D eigenvalue weighted by atomic mass is 9.79. The number of ether oxygens (including phenoxy) is 1. The predicted molar refractivity (Wildman–Crippen MR) is 181 cm³/mol. The molecule has 2 amide bonds. The SMILES string of the molecule is CC(NC(=O)C(CCC(=O)OCC1c2ccccc2-c2ccccc21)C(C)C)C(=O)Nc1ccc(B2OC(C)(C)C(C)(C)O2)cc1. The van der Waals surface area contributed by atoms with Crippen molar-refractivity contribution >= 4 is 36.1 Å². The Hall–Kier alpha value is -3.95. The van der Waals surface area contributed by atoms with Gasteiger partial charge in [-0.1, -0.05) is 74.5 Å². The Morgan fingerprint density at radius 1 is 0.804 bits per heavy atom. The number of carbonyl (C=O) groups is 3. The monoisotopic (exact) mass is 624 g/mol. The number of carbonyl (C=O) groups excluding carboxylic acids is 3. The van der Waals surface area contributed by atoms with Gasteiger partial charge >= 0.3 is 13.1 Å². The average molecular weight is 625 g/mol. The standard InChI is InChI=1S/C37H45BN2O6/c1-23(2)27(20-21-33(41)44-22-32-30-14-10-8-12-28(30)29-13-9-11-15-31(29)32)35(43)39-24(3)34(42)40-26-18-16-25(17-19-26)38-45-36(4,5)37(6,7)46-38/h8-19,23-24,27,32H,20-22H2,1-7H3,(H,39,43)(H,40,42). The molecule has 0 bridgehead atoms. The lowest BCUT2D eigenvalue weighted by Gasteiger charge is -2.32. The molecule has 1 aliphatic carbocycles. The van der Waals surface area contributed by atoms with Gasteiger partial charge in [0.15, 0.2) is 0 Å². The minimum Gasteiger partial charge on any atom is -0.465 e. The molecule has 2 atom stereocenters. The molecule has 0 spiro atoms. The molecule has 1 saturated heterocycles. The highest BCUT2D eigenvalue weighted by Crippen LogP contribution is 2.44. The molecule has 0 aromatic heterocycles. The summed E-state index contributed by atoms with van der Waals surface area (Å²) in [5.74, 6) is -1.43. The zero-order valence-corrected chi connectivity index (χ0v) is 27.9. The van der Waals surface area contributed by atoms with Crippen molar-refractivity contribution in [3.63, 3.8) is 0 Å². The van der Waals surface area contributed by atoms with E-state index in [0.717, 1.165) is 16.6 Å². The van der Waals surface area contributed by atoms with Gasteiger partial charge in [0.1, 0.15) is 12.6 Å². The molecule has 5 rings (SSSR count). The van der Waals surface area contributed by atoms with Crippen LogP contribution < -0.4 is 16.1 Å². The molecule has 0 saturated carbocycles. The molecule has 46 heavy (non-hydrogen) atoms. The quantitative estimate of drug-likeness (QED) is 0.206. The summed E-state index contributed by atoms with van der Waals surface area (Å²) in [7, 11) is -0.491. The summed E-state index contributed by atoms with van der Waals surface area (Å²) >= 11 is 0. The van der Waals surface area contributed by atoms with Gasteiger partial charge in [-0.05, 0) is 86.8 Å². The van der Waals surface area contributed by atoms with Gasteiger partial charge < -0.3 is 24.7 Å².